The van der Waals surface area contributed by atoms with Gasteiger partial charge in [-0.15, -0.1) is 0 Å². The fourth-order valence-corrected chi connectivity index (χ4v) is 2.60. The van der Waals surface area contributed by atoms with Crippen LogP contribution in [0.1, 0.15) is 12.5 Å². The molecule has 116 valence electrons. The molecule has 2 amide bonds. The lowest BCUT2D eigenvalue weighted by Crippen LogP contribution is -2.48. The Kier molecular flexibility index (Phi) is 4.39. The summed E-state index contributed by atoms with van der Waals surface area (Å²) in [4.78, 5) is 18.1. The molecule has 0 saturated carbocycles. The first-order valence-corrected chi connectivity index (χ1v) is 7.44. The van der Waals surface area contributed by atoms with Crippen LogP contribution in [-0.2, 0) is 11.3 Å². The SMILES string of the molecule is CC1CN(C(=O)NCc2ccccc2-n2ccnc2)CCO1. The van der Waals surface area contributed by atoms with Gasteiger partial charge >= 0.3 is 6.03 Å². The van der Waals surface area contributed by atoms with Crippen molar-refractivity contribution in [2.45, 2.75) is 19.6 Å². The van der Waals surface area contributed by atoms with Gasteiger partial charge in [0.2, 0.25) is 0 Å². The molecule has 1 unspecified atom stereocenters. The number of hydrogen-bond acceptors (Lipinski definition) is 3. The number of nitrogens with zero attached hydrogens (tertiary/aromatic N) is 3. The minimum absolute atomic E-state index is 0.0458. The van der Waals surface area contributed by atoms with Crippen molar-refractivity contribution < 1.29 is 9.53 Å². The second-order valence-electron chi connectivity index (χ2n) is 5.38. The molecule has 22 heavy (non-hydrogen) atoms. The van der Waals surface area contributed by atoms with Crippen LogP contribution in [0.25, 0.3) is 5.69 Å². The Morgan fingerprint density at radius 3 is 3.09 bits per heavy atom. The van der Waals surface area contributed by atoms with E-state index in [1.54, 1.807) is 17.4 Å². The highest BCUT2D eigenvalue weighted by molar-refractivity contribution is 5.74. The molecule has 1 aromatic carbocycles. The number of benzene rings is 1. The van der Waals surface area contributed by atoms with Crippen LogP contribution in [0.5, 0.6) is 0 Å². The molecule has 1 aromatic heterocycles. The van der Waals surface area contributed by atoms with Crippen molar-refractivity contribution in [3.05, 3.63) is 48.5 Å². The first-order chi connectivity index (χ1) is 10.7. The summed E-state index contributed by atoms with van der Waals surface area (Å²) in [5, 5.41) is 2.99. The van der Waals surface area contributed by atoms with Crippen molar-refractivity contribution in [3.63, 3.8) is 0 Å². The van der Waals surface area contributed by atoms with E-state index < -0.39 is 0 Å². The summed E-state index contributed by atoms with van der Waals surface area (Å²) in [6, 6.07) is 7.93. The average molecular weight is 300 g/mol. The van der Waals surface area contributed by atoms with E-state index in [0.717, 1.165) is 11.3 Å². The molecular formula is C16H20N4O2. The summed E-state index contributed by atoms with van der Waals surface area (Å²) in [7, 11) is 0. The number of amides is 2. The van der Waals surface area contributed by atoms with Gasteiger partial charge in [-0.1, -0.05) is 18.2 Å². The Morgan fingerprint density at radius 1 is 1.45 bits per heavy atom. The summed E-state index contributed by atoms with van der Waals surface area (Å²) in [5.41, 5.74) is 2.07. The Hall–Kier alpha value is -2.34. The third-order valence-corrected chi connectivity index (χ3v) is 3.73. The normalized spacial score (nSPS) is 18.2. The third-order valence-electron chi connectivity index (χ3n) is 3.73. The second-order valence-corrected chi connectivity index (χ2v) is 5.38. The van der Waals surface area contributed by atoms with Gasteiger partial charge in [0.15, 0.2) is 0 Å². The number of ether oxygens (including phenoxy) is 1. The fourth-order valence-electron chi connectivity index (χ4n) is 2.60. The number of hydrogen-bond donors (Lipinski definition) is 1. The maximum absolute atomic E-state index is 12.3. The molecule has 0 spiro atoms. The average Bonchev–Trinajstić information content (AvgIpc) is 3.07. The monoisotopic (exact) mass is 300 g/mol. The van der Waals surface area contributed by atoms with Gasteiger partial charge in [-0.25, -0.2) is 9.78 Å². The molecule has 1 N–H and O–H groups in total. The van der Waals surface area contributed by atoms with E-state index in [-0.39, 0.29) is 12.1 Å². The number of nitrogens with one attached hydrogen (secondary N) is 1. The molecule has 6 heteroatoms. The Labute approximate surface area is 129 Å². The predicted molar refractivity (Wildman–Crippen MR) is 82.8 cm³/mol. The standard InChI is InChI=1S/C16H20N4O2/c1-13-11-19(8-9-22-13)16(21)18-10-14-4-2-3-5-15(14)20-7-6-17-12-20/h2-7,12-13H,8-11H2,1H3,(H,18,21). The van der Waals surface area contributed by atoms with E-state index in [1.165, 1.54) is 0 Å². The Bertz CT molecular complexity index is 627. The van der Waals surface area contributed by atoms with Crippen LogP contribution in [0.3, 0.4) is 0 Å². The molecule has 2 heterocycles. The summed E-state index contributed by atoms with van der Waals surface area (Å²) in [6.07, 6.45) is 5.48. The van der Waals surface area contributed by atoms with Crippen LogP contribution in [0.2, 0.25) is 0 Å². The minimum Gasteiger partial charge on any atom is -0.375 e. The number of carbonyl (C=O) groups excluding carboxylic acids is 1. The lowest BCUT2D eigenvalue weighted by molar-refractivity contribution is -0.00351. The van der Waals surface area contributed by atoms with Gasteiger partial charge in [-0.2, -0.15) is 0 Å². The highest BCUT2D eigenvalue weighted by atomic mass is 16.5. The summed E-state index contributed by atoms with van der Waals surface area (Å²) in [5.74, 6) is 0. The maximum Gasteiger partial charge on any atom is 0.317 e. The van der Waals surface area contributed by atoms with Gasteiger partial charge < -0.3 is 19.5 Å². The van der Waals surface area contributed by atoms with Crippen LogP contribution in [0.15, 0.2) is 43.0 Å². The van der Waals surface area contributed by atoms with Crippen molar-refractivity contribution in [1.29, 1.82) is 0 Å². The lowest BCUT2D eigenvalue weighted by Gasteiger charge is -2.31. The number of carbonyl (C=O) groups is 1. The van der Waals surface area contributed by atoms with Gasteiger partial charge in [0.25, 0.3) is 0 Å². The topological polar surface area (TPSA) is 59.4 Å². The van der Waals surface area contributed by atoms with E-state index >= 15 is 0 Å². The number of aromatic nitrogens is 2. The molecule has 0 aliphatic carbocycles. The lowest BCUT2D eigenvalue weighted by atomic mass is 10.1. The molecule has 1 atom stereocenters. The number of para-hydroxylation sites is 1. The van der Waals surface area contributed by atoms with E-state index in [9.17, 15) is 4.79 Å². The van der Waals surface area contributed by atoms with Crippen molar-refractivity contribution >= 4 is 6.03 Å². The highest BCUT2D eigenvalue weighted by Crippen LogP contribution is 2.14. The number of rotatable bonds is 3. The number of imidazole rings is 1. The van der Waals surface area contributed by atoms with Crippen molar-refractivity contribution in [2.75, 3.05) is 19.7 Å². The van der Waals surface area contributed by atoms with E-state index in [1.807, 2.05) is 42.0 Å². The van der Waals surface area contributed by atoms with Crippen molar-refractivity contribution in [2.24, 2.45) is 0 Å². The predicted octanol–water partition coefficient (Wildman–Crippen LogP) is 1.80. The molecular weight excluding hydrogens is 280 g/mol. The molecule has 3 rings (SSSR count). The first kappa shape index (κ1) is 14.6. The highest BCUT2D eigenvalue weighted by Gasteiger charge is 2.21. The zero-order valence-electron chi connectivity index (χ0n) is 12.6. The first-order valence-electron chi connectivity index (χ1n) is 7.44. The molecule has 2 aromatic rings. The molecule has 6 nitrogen and oxygen atoms in total. The zero-order valence-corrected chi connectivity index (χ0v) is 12.6. The molecule has 0 bridgehead atoms. The summed E-state index contributed by atoms with van der Waals surface area (Å²) >= 11 is 0. The molecule has 1 saturated heterocycles. The molecule has 1 fully saturated rings. The number of urea groups is 1. The van der Waals surface area contributed by atoms with Crippen LogP contribution in [-0.4, -0.2) is 46.3 Å². The van der Waals surface area contributed by atoms with Gasteiger partial charge in [-0.3, -0.25) is 0 Å². The molecule has 1 aliphatic rings. The number of morpholine rings is 1. The minimum atomic E-state index is -0.0458. The van der Waals surface area contributed by atoms with Gasteiger partial charge in [0, 0.05) is 32.0 Å². The Morgan fingerprint density at radius 2 is 2.32 bits per heavy atom. The fraction of sp³-hybridized carbons (Fsp3) is 0.375. The summed E-state index contributed by atoms with van der Waals surface area (Å²) < 4.78 is 7.40. The van der Waals surface area contributed by atoms with Crippen molar-refractivity contribution in [1.82, 2.24) is 19.8 Å². The largest absolute Gasteiger partial charge is 0.375 e. The van der Waals surface area contributed by atoms with Gasteiger partial charge in [-0.05, 0) is 18.6 Å². The Balaban J connectivity index is 1.65. The smallest absolute Gasteiger partial charge is 0.317 e. The third kappa shape index (κ3) is 3.28. The van der Waals surface area contributed by atoms with E-state index in [4.69, 9.17) is 4.74 Å². The maximum atomic E-state index is 12.3. The van der Waals surface area contributed by atoms with Crippen LogP contribution in [0.4, 0.5) is 4.79 Å². The quantitative estimate of drug-likeness (QED) is 0.940. The van der Waals surface area contributed by atoms with E-state index in [2.05, 4.69) is 10.3 Å². The summed E-state index contributed by atoms with van der Waals surface area (Å²) in [6.45, 7) is 4.33. The molecule has 0 radical (unpaired) electrons. The van der Waals surface area contributed by atoms with Crippen LogP contribution in [0, 0.1) is 0 Å². The van der Waals surface area contributed by atoms with Gasteiger partial charge in [0.05, 0.1) is 24.7 Å². The van der Waals surface area contributed by atoms with E-state index in [0.29, 0.717) is 26.2 Å². The van der Waals surface area contributed by atoms with Crippen LogP contribution >= 0.6 is 0 Å². The molecule has 1 aliphatic heterocycles. The van der Waals surface area contributed by atoms with Gasteiger partial charge in [0.1, 0.15) is 0 Å². The van der Waals surface area contributed by atoms with Crippen LogP contribution < -0.4 is 5.32 Å². The van der Waals surface area contributed by atoms with Crippen molar-refractivity contribution in [3.8, 4) is 5.69 Å². The second kappa shape index (κ2) is 6.62. The zero-order chi connectivity index (χ0) is 15.4.